The second-order valence-electron chi connectivity index (χ2n) is 7.43. The molecular weight excluding hydrogens is 386 g/mol. The van der Waals surface area contributed by atoms with Crippen LogP contribution < -0.4 is 10.1 Å². The first-order valence-electron chi connectivity index (χ1n) is 10.1. The molecule has 0 aromatic heterocycles. The van der Waals surface area contributed by atoms with Gasteiger partial charge < -0.3 is 10.1 Å². The van der Waals surface area contributed by atoms with Gasteiger partial charge in [0.25, 0.3) is 0 Å². The molecule has 0 bridgehead atoms. The molecule has 1 aliphatic heterocycles. The number of benzene rings is 4. The molecule has 1 aliphatic rings. The third-order valence-corrected chi connectivity index (χ3v) is 6.76. The Hall–Kier alpha value is -3.17. The number of rotatable bonds is 5. The fourth-order valence-electron chi connectivity index (χ4n) is 4.01. The van der Waals surface area contributed by atoms with Crippen molar-refractivity contribution in [2.24, 2.45) is 0 Å². The molecule has 0 aliphatic carbocycles. The van der Waals surface area contributed by atoms with Crippen LogP contribution in [0.3, 0.4) is 0 Å². The number of methoxy groups -OCH3 is 1. The lowest BCUT2D eigenvalue weighted by Crippen LogP contribution is -2.10. The van der Waals surface area contributed by atoms with Gasteiger partial charge in [0.05, 0.1) is 7.11 Å². The highest BCUT2D eigenvalue weighted by Gasteiger charge is 2.26. The second-order valence-corrected chi connectivity index (χ2v) is 8.52. The van der Waals surface area contributed by atoms with Crippen molar-refractivity contribution < 1.29 is 4.74 Å². The van der Waals surface area contributed by atoms with Crippen LogP contribution in [0.4, 0.5) is 5.69 Å². The Bertz CT molecular complexity index is 1110. The standard InChI is InChI=1S/C27H23NOS/c1-29-22-16-10-19(11-17-22)18-28-21-14-12-20(13-15-21)27-23-6-2-4-8-25(23)30-26-9-5-3-7-24(26)27/h2-17,27-28H,18H2,1H3. The van der Waals surface area contributed by atoms with E-state index in [4.69, 9.17) is 4.74 Å². The average molecular weight is 410 g/mol. The molecule has 148 valence electrons. The van der Waals surface area contributed by atoms with Gasteiger partial charge >= 0.3 is 0 Å². The molecule has 0 amide bonds. The van der Waals surface area contributed by atoms with E-state index in [2.05, 4.69) is 90.2 Å². The molecule has 0 saturated heterocycles. The fraction of sp³-hybridized carbons (Fsp3) is 0.111. The Morgan fingerprint density at radius 2 is 1.33 bits per heavy atom. The van der Waals surface area contributed by atoms with Crippen LogP contribution in [-0.2, 0) is 6.54 Å². The van der Waals surface area contributed by atoms with Gasteiger partial charge in [-0.15, -0.1) is 0 Å². The van der Waals surface area contributed by atoms with E-state index in [1.54, 1.807) is 7.11 Å². The third-order valence-electron chi connectivity index (χ3n) is 5.58. The van der Waals surface area contributed by atoms with Crippen LogP contribution in [0.2, 0.25) is 0 Å². The van der Waals surface area contributed by atoms with Gasteiger partial charge in [-0.05, 0) is 58.7 Å². The van der Waals surface area contributed by atoms with E-state index in [9.17, 15) is 0 Å². The van der Waals surface area contributed by atoms with Crippen LogP contribution >= 0.6 is 11.8 Å². The summed E-state index contributed by atoms with van der Waals surface area (Å²) in [7, 11) is 1.69. The molecule has 0 saturated carbocycles. The molecule has 0 atom stereocenters. The molecule has 4 aromatic rings. The summed E-state index contributed by atoms with van der Waals surface area (Å²) in [6.45, 7) is 0.787. The molecule has 3 heteroatoms. The highest BCUT2D eigenvalue weighted by atomic mass is 32.2. The van der Waals surface area contributed by atoms with Crippen LogP contribution in [0, 0.1) is 0 Å². The highest BCUT2D eigenvalue weighted by Crippen LogP contribution is 2.48. The first-order valence-corrected chi connectivity index (χ1v) is 11.0. The van der Waals surface area contributed by atoms with Crippen molar-refractivity contribution in [3.8, 4) is 5.75 Å². The van der Waals surface area contributed by atoms with Gasteiger partial charge in [0.1, 0.15) is 5.75 Å². The minimum absolute atomic E-state index is 0.272. The first kappa shape index (κ1) is 18.8. The van der Waals surface area contributed by atoms with Gasteiger partial charge in [-0.3, -0.25) is 0 Å². The Morgan fingerprint density at radius 1 is 0.733 bits per heavy atom. The Balaban J connectivity index is 1.39. The summed E-state index contributed by atoms with van der Waals surface area (Å²) >= 11 is 1.87. The maximum absolute atomic E-state index is 5.23. The quantitative estimate of drug-likeness (QED) is 0.339. The van der Waals surface area contributed by atoms with Crippen LogP contribution in [0.5, 0.6) is 5.75 Å². The van der Waals surface area contributed by atoms with Gasteiger partial charge in [0.2, 0.25) is 0 Å². The molecule has 0 unspecified atom stereocenters. The molecule has 1 N–H and O–H groups in total. The summed E-state index contributed by atoms with van der Waals surface area (Å²) in [6.07, 6.45) is 0. The summed E-state index contributed by atoms with van der Waals surface area (Å²) in [6, 6.07) is 34.6. The van der Waals surface area contributed by atoms with Crippen molar-refractivity contribution in [3.63, 3.8) is 0 Å². The average Bonchev–Trinajstić information content (AvgIpc) is 2.82. The number of hydrogen-bond donors (Lipinski definition) is 1. The number of fused-ring (bicyclic) bond motifs is 2. The highest BCUT2D eigenvalue weighted by molar-refractivity contribution is 7.99. The lowest BCUT2D eigenvalue weighted by Gasteiger charge is -2.28. The Kier molecular flexibility index (Phi) is 5.20. The first-order chi connectivity index (χ1) is 14.8. The van der Waals surface area contributed by atoms with Crippen LogP contribution in [0.15, 0.2) is 107 Å². The molecule has 30 heavy (non-hydrogen) atoms. The van der Waals surface area contributed by atoms with E-state index in [0.717, 1.165) is 18.0 Å². The minimum atomic E-state index is 0.272. The maximum atomic E-state index is 5.23. The molecule has 2 nitrogen and oxygen atoms in total. The molecular formula is C27H23NOS. The summed E-state index contributed by atoms with van der Waals surface area (Å²) < 4.78 is 5.23. The van der Waals surface area contributed by atoms with Crippen LogP contribution in [0.25, 0.3) is 0 Å². The molecule has 4 aromatic carbocycles. The largest absolute Gasteiger partial charge is 0.497 e. The number of ether oxygens (including phenoxy) is 1. The van der Waals surface area contributed by atoms with E-state index < -0.39 is 0 Å². The zero-order chi connectivity index (χ0) is 20.3. The smallest absolute Gasteiger partial charge is 0.118 e. The summed E-state index contributed by atoms with van der Waals surface area (Å²) in [5.41, 5.74) is 6.46. The normalized spacial score (nSPS) is 12.7. The van der Waals surface area contributed by atoms with Crippen molar-refractivity contribution in [2.75, 3.05) is 12.4 Å². The molecule has 0 spiro atoms. The van der Waals surface area contributed by atoms with E-state index in [1.165, 1.54) is 32.0 Å². The Labute approximate surface area is 181 Å². The van der Waals surface area contributed by atoms with E-state index in [1.807, 2.05) is 23.9 Å². The van der Waals surface area contributed by atoms with Gasteiger partial charge in [0.15, 0.2) is 0 Å². The summed E-state index contributed by atoms with van der Waals surface area (Å²) in [5, 5.41) is 3.52. The fourth-order valence-corrected chi connectivity index (χ4v) is 5.15. The van der Waals surface area contributed by atoms with Gasteiger partial charge in [0, 0.05) is 27.9 Å². The predicted octanol–water partition coefficient (Wildman–Crippen LogP) is 6.95. The maximum Gasteiger partial charge on any atom is 0.118 e. The van der Waals surface area contributed by atoms with Crippen molar-refractivity contribution in [3.05, 3.63) is 119 Å². The van der Waals surface area contributed by atoms with Gasteiger partial charge in [-0.1, -0.05) is 72.4 Å². The second kappa shape index (κ2) is 8.29. The lowest BCUT2D eigenvalue weighted by atomic mass is 9.84. The zero-order valence-corrected chi connectivity index (χ0v) is 17.7. The van der Waals surface area contributed by atoms with Crippen molar-refractivity contribution >= 4 is 17.4 Å². The minimum Gasteiger partial charge on any atom is -0.497 e. The topological polar surface area (TPSA) is 21.3 Å². The monoisotopic (exact) mass is 409 g/mol. The third kappa shape index (κ3) is 3.69. The van der Waals surface area contributed by atoms with Gasteiger partial charge in [-0.2, -0.15) is 0 Å². The van der Waals surface area contributed by atoms with Crippen molar-refractivity contribution in [2.45, 2.75) is 22.3 Å². The van der Waals surface area contributed by atoms with Gasteiger partial charge in [-0.25, -0.2) is 0 Å². The van der Waals surface area contributed by atoms with E-state index >= 15 is 0 Å². The Morgan fingerprint density at radius 3 is 1.93 bits per heavy atom. The summed E-state index contributed by atoms with van der Waals surface area (Å²) in [4.78, 5) is 2.70. The number of nitrogens with one attached hydrogen (secondary N) is 1. The van der Waals surface area contributed by atoms with E-state index in [0.29, 0.717) is 0 Å². The van der Waals surface area contributed by atoms with E-state index in [-0.39, 0.29) is 5.92 Å². The van der Waals surface area contributed by atoms with Crippen molar-refractivity contribution in [1.82, 2.24) is 0 Å². The lowest BCUT2D eigenvalue weighted by molar-refractivity contribution is 0.414. The number of hydrogen-bond acceptors (Lipinski definition) is 3. The SMILES string of the molecule is COc1ccc(CNc2ccc(C3c4ccccc4Sc4ccccc43)cc2)cc1. The molecule has 0 radical (unpaired) electrons. The number of anilines is 1. The predicted molar refractivity (Wildman–Crippen MR) is 125 cm³/mol. The zero-order valence-electron chi connectivity index (χ0n) is 16.8. The molecule has 0 fully saturated rings. The van der Waals surface area contributed by atoms with Crippen LogP contribution in [0.1, 0.15) is 28.2 Å². The summed E-state index contributed by atoms with van der Waals surface area (Å²) in [5.74, 6) is 1.16. The molecule has 1 heterocycles. The molecule has 5 rings (SSSR count). The van der Waals surface area contributed by atoms with Crippen molar-refractivity contribution in [1.29, 1.82) is 0 Å². The van der Waals surface area contributed by atoms with Crippen LogP contribution in [-0.4, -0.2) is 7.11 Å².